The van der Waals surface area contributed by atoms with E-state index in [0.717, 1.165) is 5.69 Å². The van der Waals surface area contributed by atoms with Crippen molar-refractivity contribution < 1.29 is 22.7 Å². The summed E-state index contributed by atoms with van der Waals surface area (Å²) in [4.78, 5) is 17.1. The van der Waals surface area contributed by atoms with Gasteiger partial charge in [-0.05, 0) is 37.1 Å². The molecule has 1 fully saturated rings. The van der Waals surface area contributed by atoms with E-state index < -0.39 is 10.0 Å². The molecule has 2 aromatic carbocycles. The second-order valence-electron chi connectivity index (χ2n) is 7.67. The lowest BCUT2D eigenvalue weighted by molar-refractivity contribution is -0.120. The second kappa shape index (κ2) is 9.63. The number of sulfonamides is 1. The molecule has 0 spiro atoms. The number of nitrogens with zero attached hydrogens (tertiary/aromatic N) is 3. The highest BCUT2D eigenvalue weighted by molar-refractivity contribution is 7.89. The first kappa shape index (κ1) is 22.8. The molecule has 33 heavy (non-hydrogen) atoms. The monoisotopic (exact) mass is 470 g/mol. The van der Waals surface area contributed by atoms with Crippen LogP contribution >= 0.6 is 0 Å². The summed E-state index contributed by atoms with van der Waals surface area (Å²) in [6.45, 7) is 0.524. The number of methoxy groups -OCH3 is 2. The highest BCUT2D eigenvalue weighted by Gasteiger charge is 2.32. The molecule has 1 saturated heterocycles. The van der Waals surface area contributed by atoms with Gasteiger partial charge in [0, 0.05) is 37.5 Å². The standard InChI is InChI=1S/C23H26N4O5S/c1-31-21-8-7-18(15-22(21)32-2)33(29,30)27-12-9-17(10-13-27)23(28)25-19-5-3-4-6-20(19)26-14-11-24-16-26/h3-8,11,14-17H,9-10,12-13H2,1-2H3,(H,25,28). The third-order valence-corrected chi connectivity index (χ3v) is 7.66. The summed E-state index contributed by atoms with van der Waals surface area (Å²) < 4.78 is 39.9. The Kier molecular flexibility index (Phi) is 6.66. The molecule has 0 saturated carbocycles. The zero-order valence-corrected chi connectivity index (χ0v) is 19.3. The molecular formula is C23H26N4O5S. The predicted octanol–water partition coefficient (Wildman–Crippen LogP) is 2.93. The van der Waals surface area contributed by atoms with Gasteiger partial charge in [-0.3, -0.25) is 4.79 Å². The minimum atomic E-state index is -3.71. The lowest BCUT2D eigenvalue weighted by Crippen LogP contribution is -2.41. The van der Waals surface area contributed by atoms with E-state index in [0.29, 0.717) is 30.0 Å². The molecule has 0 unspecified atom stereocenters. The molecule has 1 aliphatic heterocycles. The summed E-state index contributed by atoms with van der Waals surface area (Å²) in [6, 6.07) is 12.0. The number of rotatable bonds is 7. The molecule has 0 atom stereocenters. The Bertz CT molecular complexity index is 1220. The number of nitrogens with one attached hydrogen (secondary N) is 1. The number of piperidine rings is 1. The van der Waals surface area contributed by atoms with E-state index in [1.807, 2.05) is 35.0 Å². The molecule has 0 bridgehead atoms. The average Bonchev–Trinajstić information content (AvgIpc) is 3.38. The maximum Gasteiger partial charge on any atom is 0.243 e. The van der Waals surface area contributed by atoms with Crippen LogP contribution in [0.1, 0.15) is 12.8 Å². The summed E-state index contributed by atoms with van der Waals surface area (Å²) in [5.74, 6) is 0.413. The van der Waals surface area contributed by atoms with Crippen LogP contribution in [-0.4, -0.2) is 55.5 Å². The zero-order valence-electron chi connectivity index (χ0n) is 18.5. The maximum absolute atomic E-state index is 13.1. The largest absolute Gasteiger partial charge is 0.493 e. The summed E-state index contributed by atoms with van der Waals surface area (Å²) in [5.41, 5.74) is 1.50. The molecule has 1 aliphatic rings. The fourth-order valence-corrected chi connectivity index (χ4v) is 5.41. The molecule has 10 heteroatoms. The molecule has 4 rings (SSSR count). The molecule has 1 amide bonds. The molecule has 0 aliphatic carbocycles. The van der Waals surface area contributed by atoms with Gasteiger partial charge in [0.25, 0.3) is 0 Å². The number of hydrogen-bond donors (Lipinski definition) is 1. The molecule has 0 radical (unpaired) electrons. The summed E-state index contributed by atoms with van der Waals surface area (Å²) >= 11 is 0. The van der Waals surface area contributed by atoms with Crippen molar-refractivity contribution >= 4 is 21.6 Å². The van der Waals surface area contributed by atoms with Crippen molar-refractivity contribution in [3.63, 3.8) is 0 Å². The molecule has 2 heterocycles. The Morgan fingerprint density at radius 3 is 2.45 bits per heavy atom. The maximum atomic E-state index is 13.1. The van der Waals surface area contributed by atoms with E-state index in [9.17, 15) is 13.2 Å². The normalized spacial score (nSPS) is 15.2. The Hall–Kier alpha value is -3.37. The summed E-state index contributed by atoms with van der Waals surface area (Å²) in [6.07, 6.45) is 6.02. The summed E-state index contributed by atoms with van der Waals surface area (Å²) in [7, 11) is -0.751. The molecule has 3 aromatic rings. The number of amides is 1. The first-order valence-electron chi connectivity index (χ1n) is 10.5. The zero-order chi connectivity index (χ0) is 23.4. The van der Waals surface area contributed by atoms with Gasteiger partial charge in [-0.25, -0.2) is 13.4 Å². The smallest absolute Gasteiger partial charge is 0.243 e. The van der Waals surface area contributed by atoms with Crippen LogP contribution in [0.25, 0.3) is 5.69 Å². The number of para-hydroxylation sites is 2. The van der Waals surface area contributed by atoms with Crippen molar-refractivity contribution in [3.05, 3.63) is 61.2 Å². The molecule has 1 aromatic heterocycles. The lowest BCUT2D eigenvalue weighted by atomic mass is 9.97. The van der Waals surface area contributed by atoms with E-state index >= 15 is 0 Å². The van der Waals surface area contributed by atoms with Crippen molar-refractivity contribution in [2.24, 2.45) is 5.92 Å². The fourth-order valence-electron chi connectivity index (χ4n) is 3.93. The van der Waals surface area contributed by atoms with Gasteiger partial charge in [0.15, 0.2) is 11.5 Å². The number of ether oxygens (including phenoxy) is 2. The number of carbonyl (C=O) groups excluding carboxylic acids is 1. The van der Waals surface area contributed by atoms with Crippen LogP contribution in [0.3, 0.4) is 0 Å². The van der Waals surface area contributed by atoms with E-state index in [-0.39, 0.29) is 29.8 Å². The van der Waals surface area contributed by atoms with Gasteiger partial charge in [0.05, 0.1) is 36.8 Å². The third kappa shape index (κ3) is 4.71. The lowest BCUT2D eigenvalue weighted by Gasteiger charge is -2.30. The van der Waals surface area contributed by atoms with Crippen LogP contribution < -0.4 is 14.8 Å². The van der Waals surface area contributed by atoms with Crippen molar-refractivity contribution in [1.29, 1.82) is 0 Å². The molecular weight excluding hydrogens is 444 g/mol. The Morgan fingerprint density at radius 1 is 1.06 bits per heavy atom. The van der Waals surface area contributed by atoms with Crippen LogP contribution in [0.15, 0.2) is 66.1 Å². The Labute approximate surface area is 193 Å². The van der Waals surface area contributed by atoms with Gasteiger partial charge < -0.3 is 19.4 Å². The van der Waals surface area contributed by atoms with Crippen molar-refractivity contribution in [2.75, 3.05) is 32.6 Å². The van der Waals surface area contributed by atoms with Crippen LogP contribution in [0.2, 0.25) is 0 Å². The van der Waals surface area contributed by atoms with Crippen molar-refractivity contribution in [1.82, 2.24) is 13.9 Å². The predicted molar refractivity (Wildman–Crippen MR) is 123 cm³/mol. The van der Waals surface area contributed by atoms with Crippen LogP contribution in [0.5, 0.6) is 11.5 Å². The van der Waals surface area contributed by atoms with E-state index in [2.05, 4.69) is 10.3 Å². The Morgan fingerprint density at radius 2 is 1.79 bits per heavy atom. The van der Waals surface area contributed by atoms with Gasteiger partial charge in [-0.1, -0.05) is 12.1 Å². The fraction of sp³-hybridized carbons (Fsp3) is 0.304. The van der Waals surface area contributed by atoms with Gasteiger partial charge in [0.2, 0.25) is 15.9 Å². The van der Waals surface area contributed by atoms with Gasteiger partial charge in [-0.2, -0.15) is 4.31 Å². The van der Waals surface area contributed by atoms with Gasteiger partial charge in [0.1, 0.15) is 0 Å². The SMILES string of the molecule is COc1ccc(S(=O)(=O)N2CCC(C(=O)Nc3ccccc3-n3ccnc3)CC2)cc1OC. The van der Waals surface area contributed by atoms with Crippen LogP contribution in [-0.2, 0) is 14.8 Å². The molecule has 9 nitrogen and oxygen atoms in total. The minimum Gasteiger partial charge on any atom is -0.493 e. The minimum absolute atomic E-state index is 0.120. The highest BCUT2D eigenvalue weighted by Crippen LogP contribution is 2.32. The van der Waals surface area contributed by atoms with E-state index in [1.165, 1.54) is 30.7 Å². The Balaban J connectivity index is 1.43. The first-order valence-corrected chi connectivity index (χ1v) is 12.0. The summed E-state index contributed by atoms with van der Waals surface area (Å²) in [5, 5.41) is 3.00. The number of benzene rings is 2. The molecule has 1 N–H and O–H groups in total. The van der Waals surface area contributed by atoms with E-state index in [1.54, 1.807) is 18.6 Å². The number of hydrogen-bond acceptors (Lipinski definition) is 6. The molecule has 174 valence electrons. The van der Waals surface area contributed by atoms with Gasteiger partial charge >= 0.3 is 0 Å². The van der Waals surface area contributed by atoms with Crippen LogP contribution in [0.4, 0.5) is 5.69 Å². The number of imidazole rings is 1. The van der Waals surface area contributed by atoms with Crippen molar-refractivity contribution in [2.45, 2.75) is 17.7 Å². The van der Waals surface area contributed by atoms with Gasteiger partial charge in [-0.15, -0.1) is 0 Å². The highest BCUT2D eigenvalue weighted by atomic mass is 32.2. The number of carbonyl (C=O) groups is 1. The van der Waals surface area contributed by atoms with Crippen LogP contribution in [0, 0.1) is 5.92 Å². The first-order chi connectivity index (χ1) is 15.9. The quantitative estimate of drug-likeness (QED) is 0.570. The average molecular weight is 471 g/mol. The van der Waals surface area contributed by atoms with Crippen molar-refractivity contribution in [3.8, 4) is 17.2 Å². The third-order valence-electron chi connectivity index (χ3n) is 5.76. The number of anilines is 1. The topological polar surface area (TPSA) is 103 Å². The number of aromatic nitrogens is 2. The van der Waals surface area contributed by atoms with E-state index in [4.69, 9.17) is 9.47 Å². The second-order valence-corrected chi connectivity index (χ2v) is 9.61.